The molecule has 0 radical (unpaired) electrons. The zero-order chi connectivity index (χ0) is 17.4. The summed E-state index contributed by atoms with van der Waals surface area (Å²) < 4.78 is 10.7. The smallest absolute Gasteiger partial charge is 0.201 e. The number of ketones is 2. The first kappa shape index (κ1) is 16.5. The predicted octanol–water partition coefficient (Wildman–Crippen LogP) is 3.26. The van der Waals surface area contributed by atoms with Crippen molar-refractivity contribution >= 4 is 27.5 Å². The van der Waals surface area contributed by atoms with Gasteiger partial charge in [-0.3, -0.25) is 9.59 Å². The Bertz CT molecular complexity index is 857. The van der Waals surface area contributed by atoms with Crippen molar-refractivity contribution < 1.29 is 24.2 Å². The van der Waals surface area contributed by atoms with Crippen LogP contribution in [0, 0.1) is 6.92 Å². The molecule has 6 heteroatoms. The number of phenols is 1. The number of carbonyl (C=O) groups is 2. The molecule has 0 unspecified atom stereocenters. The molecule has 2 aromatic carbocycles. The first-order chi connectivity index (χ1) is 11.5. The van der Waals surface area contributed by atoms with Crippen molar-refractivity contribution in [2.24, 2.45) is 0 Å². The van der Waals surface area contributed by atoms with E-state index in [1.165, 1.54) is 19.2 Å². The van der Waals surface area contributed by atoms with Crippen LogP contribution in [-0.2, 0) is 0 Å². The average molecular weight is 391 g/mol. The Morgan fingerprint density at radius 2 is 1.75 bits per heavy atom. The molecule has 5 nitrogen and oxygen atoms in total. The number of benzene rings is 2. The van der Waals surface area contributed by atoms with E-state index in [1.807, 2.05) is 6.92 Å². The van der Waals surface area contributed by atoms with Crippen molar-refractivity contribution in [1.29, 1.82) is 0 Å². The molecule has 3 rings (SSSR count). The number of ether oxygens (including phenoxy) is 2. The van der Waals surface area contributed by atoms with Crippen LogP contribution in [0.25, 0.3) is 0 Å². The number of fused-ring (bicyclic) bond motifs is 2. The number of phenolic OH excluding ortho intramolecular Hbond substituents is 1. The summed E-state index contributed by atoms with van der Waals surface area (Å²) in [4.78, 5) is 25.8. The second-order valence-electron chi connectivity index (χ2n) is 5.45. The van der Waals surface area contributed by atoms with E-state index in [9.17, 15) is 14.7 Å². The second-order valence-corrected chi connectivity index (χ2v) is 6.24. The third-order valence-corrected chi connectivity index (χ3v) is 4.18. The van der Waals surface area contributed by atoms with Crippen molar-refractivity contribution in [3.8, 4) is 17.2 Å². The van der Waals surface area contributed by atoms with E-state index in [2.05, 4.69) is 15.9 Å². The first-order valence-electron chi connectivity index (χ1n) is 7.31. The van der Waals surface area contributed by atoms with E-state index < -0.39 is 5.78 Å². The lowest BCUT2D eigenvalue weighted by Gasteiger charge is -2.22. The summed E-state index contributed by atoms with van der Waals surface area (Å²) in [6.07, 6.45) is 0. The standard InChI is InChI=1S/C18H15BrO5/c1-9-5-11-16(14(6-9)24-4-3-19)18(22)15-12(17(11)21)7-10(23-2)8-13(15)20/h5-8,20H,3-4H2,1-2H3. The minimum atomic E-state index is -0.427. The van der Waals surface area contributed by atoms with Gasteiger partial charge >= 0.3 is 0 Å². The number of halogens is 1. The van der Waals surface area contributed by atoms with E-state index in [1.54, 1.807) is 12.1 Å². The van der Waals surface area contributed by atoms with Gasteiger partial charge in [0.1, 0.15) is 17.2 Å². The molecule has 1 aliphatic rings. The topological polar surface area (TPSA) is 72.8 Å². The van der Waals surface area contributed by atoms with Crippen LogP contribution >= 0.6 is 15.9 Å². The van der Waals surface area contributed by atoms with Crippen LogP contribution in [0.2, 0.25) is 0 Å². The van der Waals surface area contributed by atoms with Gasteiger partial charge < -0.3 is 14.6 Å². The van der Waals surface area contributed by atoms with Gasteiger partial charge in [0.15, 0.2) is 5.78 Å². The number of aromatic hydroxyl groups is 1. The summed E-state index contributed by atoms with van der Waals surface area (Å²) in [5.41, 5.74) is 1.42. The van der Waals surface area contributed by atoms with Gasteiger partial charge in [-0.2, -0.15) is 0 Å². The Hall–Kier alpha value is -2.34. The molecule has 0 heterocycles. The molecule has 1 N–H and O–H groups in total. The van der Waals surface area contributed by atoms with Gasteiger partial charge in [-0.05, 0) is 30.7 Å². The lowest BCUT2D eigenvalue weighted by Crippen LogP contribution is -2.22. The maximum atomic E-state index is 12.9. The van der Waals surface area contributed by atoms with E-state index >= 15 is 0 Å². The van der Waals surface area contributed by atoms with Crippen LogP contribution < -0.4 is 9.47 Å². The average Bonchev–Trinajstić information content (AvgIpc) is 2.56. The molecule has 24 heavy (non-hydrogen) atoms. The summed E-state index contributed by atoms with van der Waals surface area (Å²) in [6, 6.07) is 6.18. The number of alkyl halides is 1. The maximum Gasteiger partial charge on any atom is 0.201 e. The molecule has 0 aromatic heterocycles. The Balaban J connectivity index is 2.25. The Kier molecular flexibility index (Phi) is 4.32. The molecule has 0 saturated carbocycles. The zero-order valence-corrected chi connectivity index (χ0v) is 14.8. The summed E-state index contributed by atoms with van der Waals surface area (Å²) in [7, 11) is 1.43. The normalized spacial score (nSPS) is 12.6. The van der Waals surface area contributed by atoms with Crippen molar-refractivity contribution in [3.63, 3.8) is 0 Å². The molecule has 124 valence electrons. The molecule has 0 saturated heterocycles. The lowest BCUT2D eigenvalue weighted by molar-refractivity contribution is 0.0973. The predicted molar refractivity (Wildman–Crippen MR) is 92.0 cm³/mol. The van der Waals surface area contributed by atoms with Crippen molar-refractivity contribution in [1.82, 2.24) is 0 Å². The summed E-state index contributed by atoms with van der Waals surface area (Å²) in [5.74, 6) is -0.367. The van der Waals surface area contributed by atoms with E-state index in [0.717, 1.165) is 5.56 Å². The number of rotatable bonds is 4. The molecule has 0 fully saturated rings. The van der Waals surface area contributed by atoms with Crippen molar-refractivity contribution in [2.75, 3.05) is 19.0 Å². The number of aryl methyl sites for hydroxylation is 1. The highest BCUT2D eigenvalue weighted by Crippen LogP contribution is 2.39. The first-order valence-corrected chi connectivity index (χ1v) is 8.44. The summed E-state index contributed by atoms with van der Waals surface area (Å²) in [6.45, 7) is 2.19. The van der Waals surface area contributed by atoms with Gasteiger partial charge in [-0.1, -0.05) is 15.9 Å². The van der Waals surface area contributed by atoms with Crippen LogP contribution in [0.3, 0.4) is 0 Å². The lowest BCUT2D eigenvalue weighted by atomic mass is 9.82. The fourth-order valence-electron chi connectivity index (χ4n) is 2.84. The van der Waals surface area contributed by atoms with Crippen molar-refractivity contribution in [2.45, 2.75) is 6.92 Å². The highest BCUT2D eigenvalue weighted by atomic mass is 79.9. The monoisotopic (exact) mass is 390 g/mol. The molecular weight excluding hydrogens is 376 g/mol. The fraction of sp³-hybridized carbons (Fsp3) is 0.222. The van der Waals surface area contributed by atoms with E-state index in [-0.39, 0.29) is 33.8 Å². The molecule has 0 aliphatic heterocycles. The van der Waals surface area contributed by atoms with Crippen molar-refractivity contribution in [3.05, 3.63) is 52.1 Å². The molecule has 2 aromatic rings. The van der Waals surface area contributed by atoms with Crippen LogP contribution in [0.4, 0.5) is 0 Å². The quantitative estimate of drug-likeness (QED) is 0.692. The summed E-state index contributed by atoms with van der Waals surface area (Å²) in [5, 5.41) is 10.8. The van der Waals surface area contributed by atoms with Crippen LogP contribution in [0.1, 0.15) is 37.4 Å². The zero-order valence-electron chi connectivity index (χ0n) is 13.2. The number of hydrogen-bond acceptors (Lipinski definition) is 5. The van der Waals surface area contributed by atoms with Crippen LogP contribution in [0.15, 0.2) is 24.3 Å². The minimum absolute atomic E-state index is 0.0131. The van der Waals surface area contributed by atoms with Gasteiger partial charge in [0.05, 0.1) is 24.8 Å². The van der Waals surface area contributed by atoms with Gasteiger partial charge in [0, 0.05) is 22.5 Å². The second kappa shape index (κ2) is 6.28. The highest BCUT2D eigenvalue weighted by molar-refractivity contribution is 9.09. The fourth-order valence-corrected chi connectivity index (χ4v) is 3.00. The van der Waals surface area contributed by atoms with Gasteiger partial charge in [-0.25, -0.2) is 0 Å². The molecule has 0 atom stereocenters. The Morgan fingerprint density at radius 3 is 2.42 bits per heavy atom. The number of hydrogen-bond donors (Lipinski definition) is 1. The van der Waals surface area contributed by atoms with Crippen LogP contribution in [0.5, 0.6) is 17.2 Å². The molecule has 0 amide bonds. The molecular formula is C18H15BrO5. The van der Waals surface area contributed by atoms with Gasteiger partial charge in [0.25, 0.3) is 0 Å². The van der Waals surface area contributed by atoms with Gasteiger partial charge in [-0.15, -0.1) is 0 Å². The summed E-state index contributed by atoms with van der Waals surface area (Å²) >= 11 is 3.27. The maximum absolute atomic E-state index is 12.9. The largest absolute Gasteiger partial charge is 0.507 e. The van der Waals surface area contributed by atoms with Crippen LogP contribution in [-0.4, -0.2) is 35.7 Å². The number of methoxy groups -OCH3 is 1. The van der Waals surface area contributed by atoms with E-state index in [0.29, 0.717) is 23.4 Å². The third kappa shape index (κ3) is 2.57. The molecule has 1 aliphatic carbocycles. The Labute approximate surface area is 147 Å². The Morgan fingerprint density at radius 1 is 1.04 bits per heavy atom. The molecule has 0 bridgehead atoms. The van der Waals surface area contributed by atoms with E-state index in [4.69, 9.17) is 9.47 Å². The van der Waals surface area contributed by atoms with Gasteiger partial charge in [0.2, 0.25) is 5.78 Å². The third-order valence-electron chi connectivity index (χ3n) is 3.85. The highest BCUT2D eigenvalue weighted by Gasteiger charge is 2.35. The molecule has 0 spiro atoms. The SMILES string of the molecule is COc1cc(O)c2c(c1)C(=O)c1cc(C)cc(OCCBr)c1C2=O. The minimum Gasteiger partial charge on any atom is -0.507 e. The number of carbonyl (C=O) groups excluding carboxylic acids is 2.